The number of likely N-dealkylation sites (N-methyl/N-ethyl adjacent to an activating group) is 1. The number of hydrogen-bond acceptors (Lipinski definition) is 4. The second-order valence-corrected chi connectivity index (χ2v) is 5.78. The summed E-state index contributed by atoms with van der Waals surface area (Å²) in [5.74, 6) is -0.520. The Morgan fingerprint density at radius 3 is 2.74 bits per heavy atom. The number of imide groups is 1. The highest BCUT2D eigenvalue weighted by Gasteiger charge is 2.44. The number of hydrogen-bond donors (Lipinski definition) is 2. The van der Waals surface area contributed by atoms with E-state index in [0.29, 0.717) is 18.9 Å². The predicted octanol–water partition coefficient (Wildman–Crippen LogP) is -0.609. The molecule has 4 unspecified atom stereocenters. The molecule has 0 aromatic carbocycles. The van der Waals surface area contributed by atoms with Crippen LogP contribution in [0.5, 0.6) is 0 Å². The number of likely N-dealkylation sites (tertiary alicyclic amines) is 1. The van der Waals surface area contributed by atoms with Gasteiger partial charge in [-0.15, -0.1) is 0 Å². The Morgan fingerprint density at radius 1 is 1.32 bits per heavy atom. The normalized spacial score (nSPS) is 37.8. The highest BCUT2D eigenvalue weighted by atomic mass is 16.2. The molecule has 0 aromatic heterocycles. The van der Waals surface area contributed by atoms with Gasteiger partial charge >= 0.3 is 0 Å². The Kier molecular flexibility index (Phi) is 3.05. The first kappa shape index (κ1) is 12.6. The molecule has 6 nitrogen and oxygen atoms in total. The van der Waals surface area contributed by atoms with Crippen LogP contribution in [0.1, 0.15) is 32.1 Å². The molecule has 0 aromatic rings. The third-order valence-corrected chi connectivity index (χ3v) is 4.60. The van der Waals surface area contributed by atoms with E-state index in [2.05, 4.69) is 10.6 Å². The van der Waals surface area contributed by atoms with Gasteiger partial charge in [-0.2, -0.15) is 0 Å². The summed E-state index contributed by atoms with van der Waals surface area (Å²) < 4.78 is 0. The maximum atomic E-state index is 12.2. The van der Waals surface area contributed by atoms with Crippen LogP contribution in [0.4, 0.5) is 0 Å². The Balaban J connectivity index is 1.61. The van der Waals surface area contributed by atoms with Crippen molar-refractivity contribution in [3.8, 4) is 0 Å². The molecule has 2 N–H and O–H groups in total. The third kappa shape index (κ3) is 2.14. The monoisotopic (exact) mass is 265 g/mol. The van der Waals surface area contributed by atoms with Crippen LogP contribution < -0.4 is 10.6 Å². The Bertz CT molecular complexity index is 437. The third-order valence-electron chi connectivity index (χ3n) is 4.60. The maximum absolute atomic E-state index is 12.2. The van der Waals surface area contributed by atoms with Crippen molar-refractivity contribution in [3.05, 3.63) is 0 Å². The van der Waals surface area contributed by atoms with Gasteiger partial charge in [-0.1, -0.05) is 0 Å². The van der Waals surface area contributed by atoms with E-state index >= 15 is 0 Å². The summed E-state index contributed by atoms with van der Waals surface area (Å²) in [4.78, 5) is 36.6. The fourth-order valence-corrected chi connectivity index (χ4v) is 3.44. The van der Waals surface area contributed by atoms with Gasteiger partial charge in [0.25, 0.3) is 5.91 Å². The van der Waals surface area contributed by atoms with E-state index in [1.54, 1.807) is 0 Å². The van der Waals surface area contributed by atoms with Crippen LogP contribution in [-0.2, 0) is 14.4 Å². The lowest BCUT2D eigenvalue weighted by atomic mass is 9.88. The van der Waals surface area contributed by atoms with Crippen molar-refractivity contribution in [1.29, 1.82) is 0 Å². The molecule has 0 radical (unpaired) electrons. The lowest BCUT2D eigenvalue weighted by Crippen LogP contribution is -2.54. The van der Waals surface area contributed by atoms with E-state index in [0.717, 1.165) is 24.2 Å². The molecule has 3 amide bonds. The minimum atomic E-state index is -0.533. The molecule has 4 atom stereocenters. The molecule has 3 aliphatic heterocycles. The van der Waals surface area contributed by atoms with Crippen molar-refractivity contribution < 1.29 is 14.4 Å². The first-order valence-corrected chi connectivity index (χ1v) is 6.93. The SMILES string of the molecule is CN1C(=O)CCC(NC(=O)C2CC3CCC2N3)C1=O. The van der Waals surface area contributed by atoms with E-state index in [9.17, 15) is 14.4 Å². The van der Waals surface area contributed by atoms with E-state index in [-0.39, 0.29) is 29.7 Å². The molecular formula is C13H19N3O3. The number of rotatable bonds is 2. The number of fused-ring (bicyclic) bond motifs is 2. The highest BCUT2D eigenvalue weighted by molar-refractivity contribution is 6.01. The number of nitrogens with one attached hydrogen (secondary N) is 2. The fraction of sp³-hybridized carbons (Fsp3) is 0.769. The Morgan fingerprint density at radius 2 is 2.11 bits per heavy atom. The van der Waals surface area contributed by atoms with Crippen LogP contribution in [0.3, 0.4) is 0 Å². The molecule has 104 valence electrons. The van der Waals surface area contributed by atoms with Crippen LogP contribution in [0.25, 0.3) is 0 Å². The van der Waals surface area contributed by atoms with Crippen LogP contribution in [-0.4, -0.2) is 47.8 Å². The zero-order valence-corrected chi connectivity index (χ0v) is 11.0. The number of carbonyl (C=O) groups is 3. The standard InChI is InChI=1S/C13H19N3O3/c1-16-11(17)5-4-10(13(16)19)15-12(18)8-6-7-2-3-9(8)14-7/h7-10,14H,2-6H2,1H3,(H,15,18). The maximum Gasteiger partial charge on any atom is 0.251 e. The van der Waals surface area contributed by atoms with Crippen molar-refractivity contribution >= 4 is 17.7 Å². The van der Waals surface area contributed by atoms with E-state index in [1.807, 2.05) is 0 Å². The minimum absolute atomic E-state index is 0.0190. The Hall–Kier alpha value is -1.43. The van der Waals surface area contributed by atoms with Gasteiger partial charge in [0, 0.05) is 25.6 Å². The molecule has 0 saturated carbocycles. The van der Waals surface area contributed by atoms with Gasteiger partial charge in [0.1, 0.15) is 6.04 Å². The van der Waals surface area contributed by atoms with Gasteiger partial charge < -0.3 is 10.6 Å². The van der Waals surface area contributed by atoms with Gasteiger partial charge in [0.05, 0.1) is 5.92 Å². The van der Waals surface area contributed by atoms with Gasteiger partial charge in [0.2, 0.25) is 11.8 Å². The smallest absolute Gasteiger partial charge is 0.251 e. The minimum Gasteiger partial charge on any atom is -0.344 e. The molecule has 3 aliphatic rings. The summed E-state index contributed by atoms with van der Waals surface area (Å²) in [6, 6.07) is 0.199. The van der Waals surface area contributed by atoms with E-state index in [1.165, 1.54) is 7.05 Å². The molecule has 2 bridgehead atoms. The van der Waals surface area contributed by atoms with Gasteiger partial charge in [-0.25, -0.2) is 0 Å². The topological polar surface area (TPSA) is 78.5 Å². The first-order chi connectivity index (χ1) is 9.06. The van der Waals surface area contributed by atoms with Crippen molar-refractivity contribution in [2.45, 2.75) is 50.2 Å². The van der Waals surface area contributed by atoms with Crippen molar-refractivity contribution in [2.75, 3.05) is 7.05 Å². The highest BCUT2D eigenvalue weighted by Crippen LogP contribution is 2.33. The summed E-state index contributed by atoms with van der Waals surface area (Å²) in [7, 11) is 1.47. The van der Waals surface area contributed by atoms with Gasteiger partial charge in [0.15, 0.2) is 0 Å². The number of nitrogens with zero attached hydrogens (tertiary/aromatic N) is 1. The molecular weight excluding hydrogens is 246 g/mol. The van der Waals surface area contributed by atoms with E-state index < -0.39 is 6.04 Å². The summed E-state index contributed by atoms with van der Waals surface area (Å²) in [5.41, 5.74) is 0. The second kappa shape index (κ2) is 4.59. The zero-order chi connectivity index (χ0) is 13.6. The summed E-state index contributed by atoms with van der Waals surface area (Å²) >= 11 is 0. The van der Waals surface area contributed by atoms with Crippen molar-refractivity contribution in [3.63, 3.8) is 0 Å². The molecule has 3 heterocycles. The molecule has 0 spiro atoms. The summed E-state index contributed by atoms with van der Waals surface area (Å²) in [6.07, 6.45) is 3.80. The van der Waals surface area contributed by atoms with E-state index in [4.69, 9.17) is 0 Å². The average Bonchev–Trinajstić information content (AvgIpc) is 3.02. The summed E-state index contributed by atoms with van der Waals surface area (Å²) in [5, 5.41) is 6.24. The molecule has 6 heteroatoms. The van der Waals surface area contributed by atoms with Crippen molar-refractivity contribution in [1.82, 2.24) is 15.5 Å². The molecule has 3 fully saturated rings. The molecule has 0 aliphatic carbocycles. The second-order valence-electron chi connectivity index (χ2n) is 5.78. The number of piperidine rings is 1. The van der Waals surface area contributed by atoms with Crippen LogP contribution in [0, 0.1) is 5.92 Å². The summed E-state index contributed by atoms with van der Waals surface area (Å²) in [6.45, 7) is 0. The quantitative estimate of drug-likeness (QED) is 0.653. The van der Waals surface area contributed by atoms with Gasteiger partial charge in [-0.05, 0) is 25.7 Å². The van der Waals surface area contributed by atoms with Crippen LogP contribution >= 0.6 is 0 Å². The zero-order valence-electron chi connectivity index (χ0n) is 11.0. The van der Waals surface area contributed by atoms with Crippen LogP contribution in [0.2, 0.25) is 0 Å². The fourth-order valence-electron chi connectivity index (χ4n) is 3.44. The lowest BCUT2D eigenvalue weighted by Gasteiger charge is -2.30. The average molecular weight is 265 g/mol. The molecule has 19 heavy (non-hydrogen) atoms. The predicted molar refractivity (Wildman–Crippen MR) is 67.0 cm³/mol. The van der Waals surface area contributed by atoms with Crippen LogP contribution in [0.15, 0.2) is 0 Å². The van der Waals surface area contributed by atoms with Crippen molar-refractivity contribution in [2.24, 2.45) is 5.92 Å². The van der Waals surface area contributed by atoms with Gasteiger partial charge in [-0.3, -0.25) is 19.3 Å². The Labute approximate surface area is 111 Å². The largest absolute Gasteiger partial charge is 0.344 e. The molecule has 3 saturated heterocycles. The molecule has 3 rings (SSSR count). The lowest BCUT2D eigenvalue weighted by molar-refractivity contribution is -0.149. The number of amides is 3. The number of carbonyl (C=O) groups excluding carboxylic acids is 3. The first-order valence-electron chi connectivity index (χ1n) is 6.93.